The van der Waals surface area contributed by atoms with Crippen LogP contribution in [0.15, 0.2) is 65.6 Å². The smallest absolute Gasteiger partial charge is 0.327 e. The number of anilines is 1. The third-order valence-electron chi connectivity index (χ3n) is 4.73. The second-order valence-electron chi connectivity index (χ2n) is 6.46. The van der Waals surface area contributed by atoms with Gasteiger partial charge in [0.15, 0.2) is 12.4 Å². The Hall–Kier alpha value is -3.39. The Morgan fingerprint density at radius 1 is 0.966 bits per heavy atom. The molecule has 0 saturated carbocycles. The average Bonchev–Trinajstić information content (AvgIpc) is 2.95. The van der Waals surface area contributed by atoms with Gasteiger partial charge in [0, 0.05) is 10.9 Å². The van der Waals surface area contributed by atoms with Crippen LogP contribution < -0.4 is 9.04 Å². The molecule has 1 aliphatic heterocycles. The summed E-state index contributed by atoms with van der Waals surface area (Å²) in [7, 11) is -2.34. The van der Waals surface area contributed by atoms with Crippen molar-refractivity contribution < 1.29 is 27.5 Å². The van der Waals surface area contributed by atoms with E-state index in [9.17, 15) is 18.0 Å². The van der Waals surface area contributed by atoms with Crippen molar-refractivity contribution in [3.63, 3.8) is 0 Å². The monoisotopic (exact) mass is 411 g/mol. The molecular formula is C21H17NO6S. The van der Waals surface area contributed by atoms with Gasteiger partial charge in [0.25, 0.3) is 10.0 Å². The van der Waals surface area contributed by atoms with Gasteiger partial charge in [-0.25, -0.2) is 8.42 Å². The standard InChI is InChI=1S/C21H17NO6S/c1-27-16-10-8-14(9-11-16)18(23)13-28-20(24)12-22-17-6-2-4-15-5-3-7-19(21(15)17)29(22,25)26/h2-11H,12-13H2,1H3. The zero-order valence-corrected chi connectivity index (χ0v) is 16.3. The van der Waals surface area contributed by atoms with Crippen molar-refractivity contribution in [2.75, 3.05) is 24.6 Å². The van der Waals surface area contributed by atoms with E-state index < -0.39 is 34.9 Å². The number of methoxy groups -OCH3 is 1. The molecule has 4 rings (SSSR count). The van der Waals surface area contributed by atoms with Crippen LogP contribution in [0.4, 0.5) is 5.69 Å². The minimum atomic E-state index is -3.86. The summed E-state index contributed by atoms with van der Waals surface area (Å²) in [5.74, 6) is -0.595. The fraction of sp³-hybridized carbons (Fsp3) is 0.143. The van der Waals surface area contributed by atoms with Gasteiger partial charge in [-0.1, -0.05) is 24.3 Å². The maximum atomic E-state index is 12.9. The first-order valence-electron chi connectivity index (χ1n) is 8.79. The van der Waals surface area contributed by atoms with E-state index in [4.69, 9.17) is 9.47 Å². The summed E-state index contributed by atoms with van der Waals surface area (Å²) >= 11 is 0. The number of benzene rings is 3. The average molecular weight is 411 g/mol. The lowest BCUT2D eigenvalue weighted by molar-refractivity contribution is -0.140. The van der Waals surface area contributed by atoms with Gasteiger partial charge >= 0.3 is 5.97 Å². The third kappa shape index (κ3) is 3.31. The van der Waals surface area contributed by atoms with E-state index in [2.05, 4.69) is 0 Å². The highest BCUT2D eigenvalue weighted by atomic mass is 32.2. The lowest BCUT2D eigenvalue weighted by Gasteiger charge is -2.17. The van der Waals surface area contributed by atoms with E-state index in [1.165, 1.54) is 13.2 Å². The molecule has 1 heterocycles. The molecule has 29 heavy (non-hydrogen) atoms. The molecule has 0 bridgehead atoms. The van der Waals surface area contributed by atoms with Gasteiger partial charge < -0.3 is 9.47 Å². The molecule has 0 radical (unpaired) electrons. The maximum absolute atomic E-state index is 12.9. The minimum absolute atomic E-state index is 0.160. The highest BCUT2D eigenvalue weighted by molar-refractivity contribution is 7.93. The topological polar surface area (TPSA) is 90.0 Å². The third-order valence-corrected chi connectivity index (χ3v) is 6.53. The van der Waals surface area contributed by atoms with Crippen molar-refractivity contribution in [2.45, 2.75) is 4.90 Å². The number of carbonyl (C=O) groups is 2. The number of ether oxygens (including phenoxy) is 2. The Balaban J connectivity index is 1.48. The molecule has 148 valence electrons. The fourth-order valence-electron chi connectivity index (χ4n) is 3.30. The highest BCUT2D eigenvalue weighted by Crippen LogP contribution is 2.41. The van der Waals surface area contributed by atoms with Crippen LogP contribution in [-0.4, -0.2) is 40.4 Å². The number of Topliss-reactive ketones (excluding diaryl/α,β-unsaturated/α-hetero) is 1. The van der Waals surface area contributed by atoms with Gasteiger partial charge in [-0.15, -0.1) is 0 Å². The van der Waals surface area contributed by atoms with E-state index in [0.29, 0.717) is 22.4 Å². The van der Waals surface area contributed by atoms with Gasteiger partial charge in [-0.05, 0) is 41.8 Å². The molecule has 0 saturated heterocycles. The molecule has 0 N–H and O–H groups in total. The molecule has 0 aromatic heterocycles. The van der Waals surface area contributed by atoms with E-state index in [1.807, 2.05) is 12.1 Å². The predicted molar refractivity (Wildman–Crippen MR) is 107 cm³/mol. The molecule has 0 spiro atoms. The molecule has 1 aliphatic rings. The van der Waals surface area contributed by atoms with Crippen LogP contribution in [0, 0.1) is 0 Å². The van der Waals surface area contributed by atoms with Crippen LogP contribution in [0.1, 0.15) is 10.4 Å². The Morgan fingerprint density at radius 3 is 2.34 bits per heavy atom. The zero-order valence-electron chi connectivity index (χ0n) is 15.5. The normalized spacial score (nSPS) is 14.0. The first-order valence-corrected chi connectivity index (χ1v) is 10.2. The summed E-state index contributed by atoms with van der Waals surface area (Å²) in [5, 5.41) is 1.35. The number of esters is 1. The summed E-state index contributed by atoms with van der Waals surface area (Å²) in [6.07, 6.45) is 0. The maximum Gasteiger partial charge on any atom is 0.327 e. The van der Waals surface area contributed by atoms with E-state index in [0.717, 1.165) is 9.69 Å². The highest BCUT2D eigenvalue weighted by Gasteiger charge is 2.37. The number of hydrogen-bond acceptors (Lipinski definition) is 6. The quantitative estimate of drug-likeness (QED) is 0.458. The Labute approximate surface area is 167 Å². The summed E-state index contributed by atoms with van der Waals surface area (Å²) in [6, 6.07) is 16.6. The van der Waals surface area contributed by atoms with Gasteiger partial charge in [-0.2, -0.15) is 0 Å². The van der Waals surface area contributed by atoms with Crippen LogP contribution in [-0.2, 0) is 19.6 Å². The Bertz CT molecular complexity index is 1210. The largest absolute Gasteiger partial charge is 0.497 e. The molecule has 0 unspecified atom stereocenters. The van der Waals surface area contributed by atoms with Crippen molar-refractivity contribution >= 4 is 38.2 Å². The molecule has 3 aromatic rings. The van der Waals surface area contributed by atoms with Crippen LogP contribution >= 0.6 is 0 Å². The van der Waals surface area contributed by atoms with Crippen molar-refractivity contribution in [3.8, 4) is 5.75 Å². The number of rotatable bonds is 6. The minimum Gasteiger partial charge on any atom is -0.497 e. The predicted octanol–water partition coefficient (Wildman–Crippen LogP) is 2.78. The zero-order chi connectivity index (χ0) is 20.6. The van der Waals surface area contributed by atoms with Gasteiger partial charge in [-0.3, -0.25) is 13.9 Å². The van der Waals surface area contributed by atoms with Crippen LogP contribution in [0.3, 0.4) is 0 Å². The molecule has 0 atom stereocenters. The number of nitrogens with zero attached hydrogens (tertiary/aromatic N) is 1. The molecule has 7 nitrogen and oxygen atoms in total. The number of sulfonamides is 1. The molecule has 0 aliphatic carbocycles. The van der Waals surface area contributed by atoms with Crippen LogP contribution in [0.2, 0.25) is 0 Å². The molecule has 0 fully saturated rings. The van der Waals surface area contributed by atoms with Gasteiger partial charge in [0.2, 0.25) is 0 Å². The molecular weight excluding hydrogens is 394 g/mol. The van der Waals surface area contributed by atoms with E-state index >= 15 is 0 Å². The number of hydrogen-bond donors (Lipinski definition) is 0. The molecule has 8 heteroatoms. The van der Waals surface area contributed by atoms with Crippen LogP contribution in [0.25, 0.3) is 10.8 Å². The van der Waals surface area contributed by atoms with Crippen molar-refractivity contribution in [3.05, 3.63) is 66.2 Å². The second kappa shape index (κ2) is 7.21. The lowest BCUT2D eigenvalue weighted by atomic mass is 10.1. The Kier molecular flexibility index (Phi) is 4.71. The molecule has 0 amide bonds. The van der Waals surface area contributed by atoms with Crippen molar-refractivity contribution in [2.24, 2.45) is 0 Å². The van der Waals surface area contributed by atoms with Crippen molar-refractivity contribution in [1.29, 1.82) is 0 Å². The van der Waals surface area contributed by atoms with E-state index in [-0.39, 0.29) is 4.90 Å². The van der Waals surface area contributed by atoms with Gasteiger partial charge in [0.1, 0.15) is 12.3 Å². The summed E-state index contributed by atoms with van der Waals surface area (Å²) in [6.45, 7) is -0.984. The Morgan fingerprint density at radius 2 is 1.66 bits per heavy atom. The summed E-state index contributed by atoms with van der Waals surface area (Å²) in [5.41, 5.74) is 0.793. The second-order valence-corrected chi connectivity index (χ2v) is 8.29. The SMILES string of the molecule is COc1ccc(C(=O)COC(=O)CN2c3cccc4cccc(c34)S2(=O)=O)cc1. The van der Waals surface area contributed by atoms with E-state index in [1.54, 1.807) is 42.5 Å². The van der Waals surface area contributed by atoms with Crippen molar-refractivity contribution in [1.82, 2.24) is 0 Å². The fourth-order valence-corrected chi connectivity index (χ4v) is 4.95. The molecule has 3 aromatic carbocycles. The first kappa shape index (κ1) is 18.9. The van der Waals surface area contributed by atoms with Crippen LogP contribution in [0.5, 0.6) is 5.75 Å². The first-order chi connectivity index (χ1) is 13.9. The number of ketones is 1. The van der Waals surface area contributed by atoms with Gasteiger partial charge in [0.05, 0.1) is 17.7 Å². The lowest BCUT2D eigenvalue weighted by Crippen LogP contribution is -2.34. The number of carbonyl (C=O) groups excluding carboxylic acids is 2. The summed E-state index contributed by atoms with van der Waals surface area (Å²) < 4.78 is 36.8. The summed E-state index contributed by atoms with van der Waals surface area (Å²) in [4.78, 5) is 24.6.